The molecule has 2 N–H and O–H groups in total. The lowest BCUT2D eigenvalue weighted by Crippen LogP contribution is -2.30. The van der Waals surface area contributed by atoms with E-state index in [4.69, 9.17) is 4.74 Å². The topological polar surface area (TPSA) is 59.3 Å². The number of aliphatic hydroxyl groups excluding tert-OH is 1. The van der Waals surface area contributed by atoms with Gasteiger partial charge in [0.2, 0.25) is 0 Å². The van der Waals surface area contributed by atoms with Gasteiger partial charge in [-0.3, -0.25) is 0 Å². The van der Waals surface area contributed by atoms with Crippen LogP contribution >= 0.6 is 0 Å². The van der Waals surface area contributed by atoms with E-state index < -0.39 is 6.10 Å². The summed E-state index contributed by atoms with van der Waals surface area (Å²) in [7, 11) is 1.59. The molecule has 0 aliphatic heterocycles. The molecule has 2 rings (SSSR count). The number of imidazole rings is 1. The standard InChI is InChI=1S/C11H19N3O2/c1-16-7-11(15)6-12-4-10-5-13-8-14(10)9-2-3-9/h5,8-9,11-12,15H,2-4,6-7H2,1H3. The molecule has 1 saturated carbocycles. The van der Waals surface area contributed by atoms with E-state index in [1.54, 1.807) is 7.11 Å². The molecule has 1 atom stereocenters. The molecule has 90 valence electrons. The van der Waals surface area contributed by atoms with Crippen LogP contribution in [-0.2, 0) is 11.3 Å². The van der Waals surface area contributed by atoms with Crippen LogP contribution in [0.5, 0.6) is 0 Å². The third-order valence-corrected chi connectivity index (χ3v) is 2.73. The van der Waals surface area contributed by atoms with Gasteiger partial charge < -0.3 is 19.7 Å². The second kappa shape index (κ2) is 5.43. The molecule has 0 aromatic carbocycles. The monoisotopic (exact) mass is 225 g/mol. The van der Waals surface area contributed by atoms with Crippen molar-refractivity contribution in [3.05, 3.63) is 18.2 Å². The fourth-order valence-corrected chi connectivity index (χ4v) is 1.77. The van der Waals surface area contributed by atoms with E-state index in [-0.39, 0.29) is 0 Å². The van der Waals surface area contributed by atoms with Crippen LogP contribution in [0.3, 0.4) is 0 Å². The molecule has 1 aliphatic rings. The molecule has 5 nitrogen and oxygen atoms in total. The van der Waals surface area contributed by atoms with Crippen molar-refractivity contribution in [3.63, 3.8) is 0 Å². The van der Waals surface area contributed by atoms with Gasteiger partial charge in [0.05, 0.1) is 24.7 Å². The first-order valence-corrected chi connectivity index (χ1v) is 5.69. The van der Waals surface area contributed by atoms with Gasteiger partial charge in [-0.05, 0) is 12.8 Å². The number of hydrogen-bond acceptors (Lipinski definition) is 4. The molecule has 1 aliphatic carbocycles. The van der Waals surface area contributed by atoms with Crippen molar-refractivity contribution in [2.24, 2.45) is 0 Å². The van der Waals surface area contributed by atoms with Gasteiger partial charge in [-0.25, -0.2) is 4.98 Å². The lowest BCUT2D eigenvalue weighted by molar-refractivity contribution is 0.0643. The zero-order valence-corrected chi connectivity index (χ0v) is 9.59. The summed E-state index contributed by atoms with van der Waals surface area (Å²) in [5, 5.41) is 12.7. The van der Waals surface area contributed by atoms with Gasteiger partial charge in [0.1, 0.15) is 0 Å². The highest BCUT2D eigenvalue weighted by Crippen LogP contribution is 2.35. The van der Waals surface area contributed by atoms with Crippen molar-refractivity contribution in [1.29, 1.82) is 0 Å². The Morgan fingerprint density at radius 2 is 2.50 bits per heavy atom. The summed E-state index contributed by atoms with van der Waals surface area (Å²) >= 11 is 0. The summed E-state index contributed by atoms with van der Waals surface area (Å²) in [5.74, 6) is 0. The largest absolute Gasteiger partial charge is 0.389 e. The predicted molar refractivity (Wildman–Crippen MR) is 60.1 cm³/mol. The van der Waals surface area contributed by atoms with E-state index in [0.717, 1.165) is 6.54 Å². The Morgan fingerprint density at radius 1 is 1.69 bits per heavy atom. The van der Waals surface area contributed by atoms with Crippen molar-refractivity contribution < 1.29 is 9.84 Å². The van der Waals surface area contributed by atoms with E-state index in [2.05, 4.69) is 14.9 Å². The number of hydrogen-bond donors (Lipinski definition) is 2. The van der Waals surface area contributed by atoms with Crippen LogP contribution < -0.4 is 5.32 Å². The van der Waals surface area contributed by atoms with E-state index in [1.807, 2.05) is 12.5 Å². The molecule has 1 aromatic heterocycles. The highest BCUT2D eigenvalue weighted by atomic mass is 16.5. The predicted octanol–water partition coefficient (Wildman–Crippen LogP) is 0.315. The Hall–Kier alpha value is -0.910. The first-order valence-electron chi connectivity index (χ1n) is 5.69. The quantitative estimate of drug-likeness (QED) is 0.701. The SMILES string of the molecule is COCC(O)CNCc1cncn1C1CC1. The zero-order chi connectivity index (χ0) is 11.4. The number of nitrogens with zero attached hydrogens (tertiary/aromatic N) is 2. The molecule has 1 unspecified atom stereocenters. The smallest absolute Gasteiger partial charge is 0.0951 e. The molecule has 0 saturated heterocycles. The van der Waals surface area contributed by atoms with Crippen LogP contribution in [0.25, 0.3) is 0 Å². The molecular weight excluding hydrogens is 206 g/mol. The van der Waals surface area contributed by atoms with E-state index in [9.17, 15) is 5.11 Å². The van der Waals surface area contributed by atoms with Gasteiger partial charge in [-0.1, -0.05) is 0 Å². The molecule has 16 heavy (non-hydrogen) atoms. The van der Waals surface area contributed by atoms with Crippen molar-refractivity contribution in [2.75, 3.05) is 20.3 Å². The van der Waals surface area contributed by atoms with Crippen LogP contribution in [0.2, 0.25) is 0 Å². The average molecular weight is 225 g/mol. The lowest BCUT2D eigenvalue weighted by atomic mass is 10.3. The van der Waals surface area contributed by atoms with Crippen molar-refractivity contribution in [1.82, 2.24) is 14.9 Å². The Balaban J connectivity index is 1.74. The number of aromatic nitrogens is 2. The second-order valence-corrected chi connectivity index (χ2v) is 4.26. The summed E-state index contributed by atoms with van der Waals surface area (Å²) < 4.78 is 7.07. The maximum atomic E-state index is 9.46. The maximum Gasteiger partial charge on any atom is 0.0951 e. The molecule has 1 heterocycles. The Kier molecular flexibility index (Phi) is 3.93. The van der Waals surface area contributed by atoms with E-state index in [1.165, 1.54) is 18.5 Å². The minimum atomic E-state index is -0.442. The molecule has 1 fully saturated rings. The minimum absolute atomic E-state index is 0.370. The summed E-state index contributed by atoms with van der Waals surface area (Å²) in [6, 6.07) is 0.656. The number of rotatable bonds is 7. The van der Waals surface area contributed by atoms with Crippen molar-refractivity contribution in [3.8, 4) is 0 Å². The molecule has 1 aromatic rings. The Bertz CT molecular complexity index is 323. The molecule has 0 spiro atoms. The molecular formula is C11H19N3O2. The van der Waals surface area contributed by atoms with Gasteiger partial charge in [0.15, 0.2) is 0 Å². The van der Waals surface area contributed by atoms with Crippen LogP contribution in [0.15, 0.2) is 12.5 Å². The second-order valence-electron chi connectivity index (χ2n) is 4.26. The number of aliphatic hydroxyl groups is 1. The first kappa shape index (κ1) is 11.6. The fourth-order valence-electron chi connectivity index (χ4n) is 1.77. The first-order chi connectivity index (χ1) is 7.81. The van der Waals surface area contributed by atoms with Crippen LogP contribution in [0.1, 0.15) is 24.6 Å². The average Bonchev–Trinajstić information content (AvgIpc) is 3.00. The van der Waals surface area contributed by atoms with Gasteiger partial charge >= 0.3 is 0 Å². The lowest BCUT2D eigenvalue weighted by Gasteiger charge is -2.11. The molecule has 5 heteroatoms. The highest BCUT2D eigenvalue weighted by Gasteiger charge is 2.24. The molecule has 0 radical (unpaired) electrons. The van der Waals surface area contributed by atoms with Crippen LogP contribution in [-0.4, -0.2) is 41.0 Å². The van der Waals surface area contributed by atoms with E-state index in [0.29, 0.717) is 19.2 Å². The van der Waals surface area contributed by atoms with Gasteiger partial charge in [-0.2, -0.15) is 0 Å². The van der Waals surface area contributed by atoms with Gasteiger partial charge in [0.25, 0.3) is 0 Å². The Morgan fingerprint density at radius 3 is 3.19 bits per heavy atom. The summed E-state index contributed by atoms with van der Waals surface area (Å²) in [6.07, 6.45) is 5.85. The van der Waals surface area contributed by atoms with Crippen LogP contribution in [0, 0.1) is 0 Å². The maximum absolute atomic E-state index is 9.46. The third-order valence-electron chi connectivity index (χ3n) is 2.73. The summed E-state index contributed by atoms with van der Waals surface area (Å²) in [5.41, 5.74) is 1.19. The zero-order valence-electron chi connectivity index (χ0n) is 9.59. The number of nitrogens with one attached hydrogen (secondary N) is 1. The van der Waals surface area contributed by atoms with Crippen molar-refractivity contribution in [2.45, 2.75) is 31.5 Å². The minimum Gasteiger partial charge on any atom is -0.389 e. The molecule has 0 amide bonds. The number of ether oxygens (including phenoxy) is 1. The molecule has 0 bridgehead atoms. The van der Waals surface area contributed by atoms with E-state index >= 15 is 0 Å². The van der Waals surface area contributed by atoms with Gasteiger partial charge in [0, 0.05) is 32.4 Å². The van der Waals surface area contributed by atoms with Gasteiger partial charge in [-0.15, -0.1) is 0 Å². The summed E-state index contributed by atoms with van der Waals surface area (Å²) in [6.45, 7) is 1.66. The fraction of sp³-hybridized carbons (Fsp3) is 0.727. The van der Waals surface area contributed by atoms with Crippen molar-refractivity contribution >= 4 is 0 Å². The summed E-state index contributed by atoms with van der Waals surface area (Å²) in [4.78, 5) is 4.15. The highest BCUT2D eigenvalue weighted by molar-refractivity contribution is 5.03. The Labute approximate surface area is 95.4 Å². The normalized spacial score (nSPS) is 17.6. The van der Waals surface area contributed by atoms with Crippen LogP contribution in [0.4, 0.5) is 0 Å². The third kappa shape index (κ3) is 3.04. The number of methoxy groups -OCH3 is 1.